The smallest absolute Gasteiger partial charge is 0.173 e. The lowest BCUT2D eigenvalue weighted by molar-refractivity contribution is 0.949. The molecule has 0 saturated carbocycles. The number of nitrogens with two attached hydrogens (primary N) is 1. The summed E-state index contributed by atoms with van der Waals surface area (Å²) >= 11 is 0. The van der Waals surface area contributed by atoms with Gasteiger partial charge in [0.15, 0.2) is 6.19 Å². The normalized spacial score (nSPS) is 13.4. The van der Waals surface area contributed by atoms with Crippen LogP contribution in [-0.4, -0.2) is 28.0 Å². The first-order valence-corrected chi connectivity index (χ1v) is 7.55. The van der Waals surface area contributed by atoms with E-state index in [1.54, 1.807) is 0 Å². The molecular formula is C17H18N6. The van der Waals surface area contributed by atoms with Crippen molar-refractivity contribution in [2.75, 3.05) is 18.0 Å². The summed E-state index contributed by atoms with van der Waals surface area (Å²) in [7, 11) is 0. The van der Waals surface area contributed by atoms with Gasteiger partial charge in [-0.1, -0.05) is 0 Å². The van der Waals surface area contributed by atoms with Crippen molar-refractivity contribution in [1.82, 2.24) is 15.0 Å². The Kier molecular flexibility index (Phi) is 4.39. The number of nitriles is 1. The standard InChI is InChI=1S/C16H16N4.CH2N2/c1-2-8-20(7-1)13-9-14-15(11-19-16(14)18-10-13)12-3-5-17-6-4-12;2-1-3/h3-6,9-11H,1-2,7-8H2,(H,18,19);2H2. The second-order valence-electron chi connectivity index (χ2n) is 5.35. The van der Waals surface area contributed by atoms with Crippen LogP contribution in [0.15, 0.2) is 43.0 Å². The van der Waals surface area contributed by atoms with Gasteiger partial charge < -0.3 is 15.6 Å². The number of aromatic amines is 1. The fraction of sp³-hybridized carbons (Fsp3) is 0.235. The van der Waals surface area contributed by atoms with Crippen LogP contribution in [0.4, 0.5) is 5.69 Å². The molecule has 0 spiro atoms. The van der Waals surface area contributed by atoms with Crippen LogP contribution >= 0.6 is 0 Å². The van der Waals surface area contributed by atoms with Crippen molar-refractivity contribution in [1.29, 1.82) is 5.26 Å². The maximum atomic E-state index is 7.10. The van der Waals surface area contributed by atoms with Crippen LogP contribution in [0.25, 0.3) is 22.2 Å². The van der Waals surface area contributed by atoms with Gasteiger partial charge in [0.05, 0.1) is 11.9 Å². The van der Waals surface area contributed by atoms with Gasteiger partial charge in [0.2, 0.25) is 0 Å². The number of pyridine rings is 2. The second-order valence-corrected chi connectivity index (χ2v) is 5.35. The zero-order valence-electron chi connectivity index (χ0n) is 12.7. The molecule has 0 aromatic carbocycles. The Morgan fingerprint density at radius 1 is 1.22 bits per heavy atom. The molecule has 0 amide bonds. The van der Waals surface area contributed by atoms with Gasteiger partial charge in [-0.3, -0.25) is 4.98 Å². The molecule has 0 radical (unpaired) electrons. The molecule has 0 unspecified atom stereocenters. The fourth-order valence-corrected chi connectivity index (χ4v) is 2.91. The Balaban J connectivity index is 0.000000485. The highest BCUT2D eigenvalue weighted by molar-refractivity contribution is 5.95. The highest BCUT2D eigenvalue weighted by atomic mass is 15.1. The number of aromatic nitrogens is 3. The number of rotatable bonds is 2. The number of anilines is 1. The number of nitrogens with zero attached hydrogens (tertiary/aromatic N) is 4. The third-order valence-corrected chi connectivity index (χ3v) is 3.98. The van der Waals surface area contributed by atoms with Crippen molar-refractivity contribution in [3.8, 4) is 17.3 Å². The van der Waals surface area contributed by atoms with Crippen molar-refractivity contribution >= 4 is 16.7 Å². The summed E-state index contributed by atoms with van der Waals surface area (Å²) in [6, 6.07) is 6.32. The summed E-state index contributed by atoms with van der Waals surface area (Å²) in [6.45, 7) is 2.28. The maximum absolute atomic E-state index is 7.10. The summed E-state index contributed by atoms with van der Waals surface area (Å²) < 4.78 is 0. The molecule has 6 heteroatoms. The van der Waals surface area contributed by atoms with Crippen molar-refractivity contribution in [2.45, 2.75) is 12.8 Å². The van der Waals surface area contributed by atoms with Crippen LogP contribution in [0.3, 0.4) is 0 Å². The van der Waals surface area contributed by atoms with Crippen molar-refractivity contribution in [2.24, 2.45) is 5.73 Å². The molecule has 3 N–H and O–H groups in total. The van der Waals surface area contributed by atoms with E-state index in [2.05, 4.69) is 31.7 Å². The zero-order valence-corrected chi connectivity index (χ0v) is 12.7. The third-order valence-electron chi connectivity index (χ3n) is 3.98. The number of nitrogens with one attached hydrogen (secondary N) is 1. The lowest BCUT2D eigenvalue weighted by Crippen LogP contribution is -2.17. The SMILES string of the molecule is N#CN.c1cc(-c2c[nH]c3ncc(N4CCCC4)cc23)ccn1. The molecule has 0 aliphatic carbocycles. The summed E-state index contributed by atoms with van der Waals surface area (Å²) in [6.07, 6.45) is 11.5. The van der Waals surface area contributed by atoms with Gasteiger partial charge in [-0.25, -0.2) is 4.98 Å². The zero-order chi connectivity index (χ0) is 16.1. The van der Waals surface area contributed by atoms with E-state index in [0.29, 0.717) is 0 Å². The quantitative estimate of drug-likeness (QED) is 0.560. The van der Waals surface area contributed by atoms with E-state index >= 15 is 0 Å². The van der Waals surface area contributed by atoms with E-state index in [1.807, 2.05) is 36.9 Å². The molecule has 1 fully saturated rings. The minimum atomic E-state index is 0.944. The van der Waals surface area contributed by atoms with E-state index in [9.17, 15) is 0 Å². The average Bonchev–Trinajstić information content (AvgIpc) is 3.25. The van der Waals surface area contributed by atoms with E-state index in [-0.39, 0.29) is 0 Å². The highest BCUT2D eigenvalue weighted by Gasteiger charge is 2.14. The van der Waals surface area contributed by atoms with Crippen LogP contribution in [0, 0.1) is 11.5 Å². The Hall–Kier alpha value is -3.07. The number of fused-ring (bicyclic) bond motifs is 1. The largest absolute Gasteiger partial charge is 0.370 e. The van der Waals surface area contributed by atoms with E-state index in [0.717, 1.165) is 18.7 Å². The van der Waals surface area contributed by atoms with E-state index < -0.39 is 0 Å². The predicted octanol–water partition coefficient (Wildman–Crippen LogP) is 2.65. The lowest BCUT2D eigenvalue weighted by Gasteiger charge is -2.17. The van der Waals surface area contributed by atoms with Gasteiger partial charge in [0.1, 0.15) is 5.65 Å². The maximum Gasteiger partial charge on any atom is 0.173 e. The van der Waals surface area contributed by atoms with Crippen LogP contribution in [0.2, 0.25) is 0 Å². The summed E-state index contributed by atoms with van der Waals surface area (Å²) in [5, 5.41) is 8.28. The number of hydrogen-bond acceptors (Lipinski definition) is 5. The highest BCUT2D eigenvalue weighted by Crippen LogP contribution is 2.30. The number of hydrogen-bond donors (Lipinski definition) is 2. The van der Waals surface area contributed by atoms with Crippen LogP contribution < -0.4 is 10.6 Å². The molecule has 4 rings (SSSR count). The first-order chi connectivity index (χ1) is 11.3. The first kappa shape index (κ1) is 14.9. The average molecular weight is 306 g/mol. The Bertz CT molecular complexity index is 812. The molecule has 1 aliphatic heterocycles. The van der Waals surface area contributed by atoms with Gasteiger partial charge in [-0.05, 0) is 36.6 Å². The van der Waals surface area contributed by atoms with Gasteiger partial charge in [0.25, 0.3) is 0 Å². The second kappa shape index (κ2) is 6.79. The molecule has 1 saturated heterocycles. The van der Waals surface area contributed by atoms with Crippen molar-refractivity contribution in [3.05, 3.63) is 43.0 Å². The van der Waals surface area contributed by atoms with E-state index in [1.165, 1.54) is 41.2 Å². The molecule has 4 heterocycles. The Morgan fingerprint density at radius 3 is 2.61 bits per heavy atom. The van der Waals surface area contributed by atoms with Gasteiger partial charge in [-0.2, -0.15) is 5.26 Å². The van der Waals surface area contributed by atoms with Crippen molar-refractivity contribution < 1.29 is 0 Å². The Morgan fingerprint density at radius 2 is 1.91 bits per heavy atom. The lowest BCUT2D eigenvalue weighted by atomic mass is 10.1. The first-order valence-electron chi connectivity index (χ1n) is 7.55. The molecule has 1 aliphatic rings. The van der Waals surface area contributed by atoms with Crippen LogP contribution in [-0.2, 0) is 0 Å². The topological polar surface area (TPSA) is 94.6 Å². The monoisotopic (exact) mass is 306 g/mol. The van der Waals surface area contributed by atoms with Crippen molar-refractivity contribution in [3.63, 3.8) is 0 Å². The summed E-state index contributed by atoms with van der Waals surface area (Å²) in [5.74, 6) is 0. The summed E-state index contributed by atoms with van der Waals surface area (Å²) in [5.41, 5.74) is 8.69. The third kappa shape index (κ3) is 3.09. The molecule has 0 atom stereocenters. The van der Waals surface area contributed by atoms with Gasteiger partial charge in [-0.15, -0.1) is 0 Å². The molecule has 0 bridgehead atoms. The molecule has 23 heavy (non-hydrogen) atoms. The number of H-pyrrole nitrogens is 1. The van der Waals surface area contributed by atoms with Gasteiger partial charge >= 0.3 is 0 Å². The van der Waals surface area contributed by atoms with Gasteiger partial charge in [0, 0.05) is 42.6 Å². The molecule has 3 aromatic rings. The summed E-state index contributed by atoms with van der Waals surface area (Å²) in [4.78, 5) is 14.3. The van der Waals surface area contributed by atoms with E-state index in [4.69, 9.17) is 5.26 Å². The predicted molar refractivity (Wildman–Crippen MR) is 90.6 cm³/mol. The minimum Gasteiger partial charge on any atom is -0.370 e. The fourth-order valence-electron chi connectivity index (χ4n) is 2.91. The molecule has 6 nitrogen and oxygen atoms in total. The molecule has 3 aromatic heterocycles. The van der Waals surface area contributed by atoms with Crippen LogP contribution in [0.5, 0.6) is 0 Å². The Labute approximate surface area is 134 Å². The molecular weight excluding hydrogens is 288 g/mol. The molecule has 116 valence electrons. The van der Waals surface area contributed by atoms with Crippen LogP contribution in [0.1, 0.15) is 12.8 Å². The minimum absolute atomic E-state index is 0.944.